The fourth-order valence-electron chi connectivity index (χ4n) is 1.16. The Bertz CT molecular complexity index is 151. The maximum atomic E-state index is 5.33. The van der Waals surface area contributed by atoms with E-state index in [2.05, 4.69) is 12.8 Å². The number of terminal acetylenes is 1. The third kappa shape index (κ3) is 1.95. The zero-order valence-corrected chi connectivity index (χ0v) is 6.93. The molecular weight excluding hydrogens is 140 g/mol. The van der Waals surface area contributed by atoms with Crippen LogP contribution in [0.3, 0.4) is 0 Å². The van der Waals surface area contributed by atoms with Crippen molar-refractivity contribution in [2.45, 2.75) is 32.0 Å². The van der Waals surface area contributed by atoms with Crippen LogP contribution in [0.1, 0.15) is 26.2 Å². The zero-order valence-electron chi connectivity index (χ0n) is 6.93. The minimum atomic E-state index is -0.685. The zero-order chi connectivity index (χ0) is 8.16. The van der Waals surface area contributed by atoms with E-state index in [1.807, 2.05) is 0 Å². The van der Waals surface area contributed by atoms with Gasteiger partial charge in [0.1, 0.15) is 0 Å². The van der Waals surface area contributed by atoms with Crippen molar-refractivity contribution >= 4 is 0 Å². The third-order valence-corrected chi connectivity index (χ3v) is 1.83. The van der Waals surface area contributed by atoms with Crippen molar-refractivity contribution in [1.29, 1.82) is 0 Å². The third-order valence-electron chi connectivity index (χ3n) is 1.83. The lowest BCUT2D eigenvalue weighted by molar-refractivity contribution is -0.113. The number of rotatable bonds is 3. The maximum absolute atomic E-state index is 5.33. The second kappa shape index (κ2) is 3.75. The summed E-state index contributed by atoms with van der Waals surface area (Å²) in [5, 5.41) is 0. The highest BCUT2D eigenvalue weighted by Crippen LogP contribution is 2.24. The lowest BCUT2D eigenvalue weighted by Crippen LogP contribution is -2.27. The smallest absolute Gasteiger partial charge is 0.233 e. The molecule has 1 heterocycles. The molecule has 1 saturated heterocycles. The summed E-state index contributed by atoms with van der Waals surface area (Å²) in [6.45, 7) is 3.39. The predicted octanol–water partition coefficient (Wildman–Crippen LogP) is 1.55. The summed E-state index contributed by atoms with van der Waals surface area (Å²) in [7, 11) is 0. The first-order chi connectivity index (χ1) is 5.33. The van der Waals surface area contributed by atoms with E-state index in [0.717, 1.165) is 19.3 Å². The van der Waals surface area contributed by atoms with Gasteiger partial charge in [-0.2, -0.15) is 0 Å². The highest BCUT2D eigenvalue weighted by atomic mass is 16.7. The molecule has 0 saturated carbocycles. The van der Waals surface area contributed by atoms with E-state index in [9.17, 15) is 0 Å². The summed E-state index contributed by atoms with van der Waals surface area (Å²) in [6, 6.07) is 0. The van der Waals surface area contributed by atoms with Crippen molar-refractivity contribution in [3.05, 3.63) is 0 Å². The Kier molecular flexibility index (Phi) is 2.92. The van der Waals surface area contributed by atoms with Crippen LogP contribution in [-0.2, 0) is 9.47 Å². The van der Waals surface area contributed by atoms with Gasteiger partial charge in [0, 0.05) is 6.42 Å². The van der Waals surface area contributed by atoms with Gasteiger partial charge in [-0.1, -0.05) is 13.3 Å². The van der Waals surface area contributed by atoms with Gasteiger partial charge in [-0.3, -0.25) is 0 Å². The molecule has 0 amide bonds. The molecule has 11 heavy (non-hydrogen) atoms. The Morgan fingerprint density at radius 3 is 2.55 bits per heavy atom. The van der Waals surface area contributed by atoms with Gasteiger partial charge in [0.25, 0.3) is 0 Å². The number of ether oxygens (including phenoxy) is 2. The summed E-state index contributed by atoms with van der Waals surface area (Å²) < 4.78 is 10.7. The number of hydrogen-bond acceptors (Lipinski definition) is 2. The molecule has 1 rings (SSSR count). The van der Waals surface area contributed by atoms with Crippen molar-refractivity contribution in [1.82, 2.24) is 0 Å². The SMILES string of the molecule is C#CC1(CCCC)OCCO1. The molecular formula is C9H14O2. The molecule has 0 aliphatic carbocycles. The standard InChI is InChI=1S/C9H14O2/c1-3-5-6-9(4-2)10-7-8-11-9/h2H,3,5-8H2,1H3. The van der Waals surface area contributed by atoms with Gasteiger partial charge in [-0.05, 0) is 12.3 Å². The second-order valence-corrected chi connectivity index (χ2v) is 2.70. The van der Waals surface area contributed by atoms with E-state index < -0.39 is 5.79 Å². The molecule has 0 radical (unpaired) electrons. The van der Waals surface area contributed by atoms with Crippen LogP contribution >= 0.6 is 0 Å². The molecule has 2 heteroatoms. The number of hydrogen-bond donors (Lipinski definition) is 0. The van der Waals surface area contributed by atoms with Gasteiger partial charge in [-0.25, -0.2) is 0 Å². The molecule has 0 aromatic heterocycles. The van der Waals surface area contributed by atoms with E-state index in [1.54, 1.807) is 0 Å². The van der Waals surface area contributed by atoms with Gasteiger partial charge < -0.3 is 9.47 Å². The second-order valence-electron chi connectivity index (χ2n) is 2.70. The highest BCUT2D eigenvalue weighted by molar-refractivity contribution is 5.03. The van der Waals surface area contributed by atoms with Crippen LogP contribution in [0, 0.1) is 12.3 Å². The van der Waals surface area contributed by atoms with E-state index in [0.29, 0.717) is 13.2 Å². The molecule has 0 aromatic carbocycles. The van der Waals surface area contributed by atoms with Gasteiger partial charge in [-0.15, -0.1) is 6.42 Å². The summed E-state index contributed by atoms with van der Waals surface area (Å²) in [4.78, 5) is 0. The van der Waals surface area contributed by atoms with E-state index in [-0.39, 0.29) is 0 Å². The predicted molar refractivity (Wildman–Crippen MR) is 43.0 cm³/mol. The molecule has 0 atom stereocenters. The summed E-state index contributed by atoms with van der Waals surface area (Å²) in [6.07, 6.45) is 8.31. The van der Waals surface area contributed by atoms with Gasteiger partial charge >= 0.3 is 0 Å². The van der Waals surface area contributed by atoms with Crippen molar-refractivity contribution in [2.75, 3.05) is 13.2 Å². The number of unbranched alkanes of at least 4 members (excludes halogenated alkanes) is 1. The Balaban J connectivity index is 2.41. The minimum absolute atomic E-state index is 0.633. The fraction of sp³-hybridized carbons (Fsp3) is 0.778. The molecule has 1 fully saturated rings. The van der Waals surface area contributed by atoms with E-state index in [1.165, 1.54) is 0 Å². The van der Waals surface area contributed by atoms with Crippen LogP contribution in [0.15, 0.2) is 0 Å². The van der Waals surface area contributed by atoms with Crippen molar-refractivity contribution in [3.63, 3.8) is 0 Å². The van der Waals surface area contributed by atoms with Gasteiger partial charge in [0.15, 0.2) is 0 Å². The van der Waals surface area contributed by atoms with Crippen LogP contribution in [0.25, 0.3) is 0 Å². The molecule has 0 bridgehead atoms. The molecule has 0 spiro atoms. The van der Waals surface area contributed by atoms with Crippen LogP contribution < -0.4 is 0 Å². The van der Waals surface area contributed by atoms with Crippen molar-refractivity contribution < 1.29 is 9.47 Å². The average molecular weight is 154 g/mol. The molecule has 0 aromatic rings. The maximum Gasteiger partial charge on any atom is 0.233 e. The van der Waals surface area contributed by atoms with E-state index >= 15 is 0 Å². The summed E-state index contributed by atoms with van der Waals surface area (Å²) >= 11 is 0. The largest absolute Gasteiger partial charge is 0.337 e. The topological polar surface area (TPSA) is 18.5 Å². The minimum Gasteiger partial charge on any atom is -0.337 e. The first-order valence-electron chi connectivity index (χ1n) is 4.08. The molecule has 2 nitrogen and oxygen atoms in total. The van der Waals surface area contributed by atoms with Crippen LogP contribution in [-0.4, -0.2) is 19.0 Å². The molecule has 1 aliphatic heterocycles. The van der Waals surface area contributed by atoms with Crippen LogP contribution in [0.2, 0.25) is 0 Å². The monoisotopic (exact) mass is 154 g/mol. The average Bonchev–Trinajstić information content (AvgIpc) is 2.50. The highest BCUT2D eigenvalue weighted by Gasteiger charge is 2.33. The van der Waals surface area contributed by atoms with Crippen LogP contribution in [0.4, 0.5) is 0 Å². The van der Waals surface area contributed by atoms with Crippen molar-refractivity contribution in [2.24, 2.45) is 0 Å². The Morgan fingerprint density at radius 1 is 1.45 bits per heavy atom. The lowest BCUT2D eigenvalue weighted by atomic mass is 10.1. The Hall–Kier alpha value is -0.520. The van der Waals surface area contributed by atoms with Gasteiger partial charge in [0.05, 0.1) is 13.2 Å². The molecule has 62 valence electrons. The summed E-state index contributed by atoms with van der Waals surface area (Å²) in [5.41, 5.74) is 0. The molecule has 0 unspecified atom stereocenters. The normalized spacial score (nSPS) is 21.5. The molecule has 1 aliphatic rings. The molecule has 0 N–H and O–H groups in total. The quantitative estimate of drug-likeness (QED) is 0.574. The fourth-order valence-corrected chi connectivity index (χ4v) is 1.16. The Morgan fingerprint density at radius 2 is 2.09 bits per heavy atom. The van der Waals surface area contributed by atoms with Crippen molar-refractivity contribution in [3.8, 4) is 12.3 Å². The summed E-state index contributed by atoms with van der Waals surface area (Å²) in [5.74, 6) is 1.88. The van der Waals surface area contributed by atoms with Gasteiger partial charge in [0.2, 0.25) is 5.79 Å². The Labute approximate surface area is 67.9 Å². The first kappa shape index (κ1) is 8.58. The lowest BCUT2D eigenvalue weighted by Gasteiger charge is -2.19. The van der Waals surface area contributed by atoms with Crippen LogP contribution in [0.5, 0.6) is 0 Å². The van der Waals surface area contributed by atoms with E-state index in [4.69, 9.17) is 15.9 Å². The first-order valence-corrected chi connectivity index (χ1v) is 4.08.